The predicted octanol–water partition coefficient (Wildman–Crippen LogP) is -1.46. The number of amides is 5. The topological polar surface area (TPSA) is 263 Å². The highest BCUT2D eigenvalue weighted by atomic mass is 16.5. The van der Waals surface area contributed by atoms with E-state index in [1.807, 2.05) is 13.8 Å². The number of rotatable bonds is 19. The molecular weight excluding hydrogens is 548 g/mol. The third-order valence-corrected chi connectivity index (χ3v) is 6.51. The molecule has 0 aromatic carbocycles. The Hall–Kier alpha value is -4.31. The van der Waals surface area contributed by atoms with Crippen molar-refractivity contribution in [2.24, 2.45) is 23.3 Å². The number of nitrogens with zero attached hydrogens (tertiary/aromatic N) is 2. The Labute approximate surface area is 243 Å². The molecule has 0 bridgehead atoms. The molecule has 11 N–H and O–H groups in total. The molecule has 0 saturated heterocycles. The molecule has 0 unspecified atom stereocenters. The average molecular weight is 591 g/mol. The van der Waals surface area contributed by atoms with Crippen molar-refractivity contribution in [2.75, 3.05) is 6.54 Å². The minimum atomic E-state index is -1.17. The first kappa shape index (κ1) is 33.9. The molecule has 16 nitrogen and oxygen atoms in total. The van der Waals surface area contributed by atoms with E-state index in [9.17, 15) is 24.0 Å². The highest BCUT2D eigenvalue weighted by Gasteiger charge is 2.32. The molecule has 16 heteroatoms. The summed E-state index contributed by atoms with van der Waals surface area (Å²) in [4.78, 5) is 77.7. The van der Waals surface area contributed by atoms with Crippen molar-refractivity contribution < 1.29 is 29.2 Å². The standard InChI is InChI=1S/C26H42N10O6/c1-15(2)7-16(8-22(37)36-42)24(39)34-20(9-17-11-29-13-31-17)26(41)35-21(10-18-12-30-14-32-18)25(40)33-19(23(28)38)5-3-4-6-27/h11-16,19-21,42H,3-10,27H2,1-2H3,(H2,28,38)(H,29,31)(H,30,32)(H,33,40)(H,34,39)(H,35,41)(H,36,37)/t16-,19+,20+,21+/m1/s1. The Morgan fingerprint density at radius 3 is 1.81 bits per heavy atom. The summed E-state index contributed by atoms with van der Waals surface area (Å²) in [7, 11) is 0. The second-order valence-corrected chi connectivity index (χ2v) is 10.5. The van der Waals surface area contributed by atoms with Gasteiger partial charge in [-0.15, -0.1) is 0 Å². The Morgan fingerprint density at radius 2 is 1.38 bits per heavy atom. The molecule has 2 heterocycles. The van der Waals surface area contributed by atoms with Gasteiger partial charge in [0.25, 0.3) is 0 Å². The first-order chi connectivity index (χ1) is 20.0. The Bertz CT molecular complexity index is 1140. The molecule has 0 radical (unpaired) electrons. The Balaban J connectivity index is 2.28. The first-order valence-electron chi connectivity index (χ1n) is 13.8. The van der Waals surface area contributed by atoms with Crippen molar-refractivity contribution in [2.45, 2.75) is 76.9 Å². The predicted molar refractivity (Wildman–Crippen MR) is 150 cm³/mol. The molecule has 0 aliphatic rings. The lowest BCUT2D eigenvalue weighted by Gasteiger charge is -2.26. The van der Waals surface area contributed by atoms with Gasteiger partial charge in [-0.1, -0.05) is 13.8 Å². The van der Waals surface area contributed by atoms with Gasteiger partial charge in [-0.05, 0) is 38.1 Å². The lowest BCUT2D eigenvalue weighted by molar-refractivity contribution is -0.137. The van der Waals surface area contributed by atoms with Gasteiger partial charge in [-0.25, -0.2) is 15.4 Å². The van der Waals surface area contributed by atoms with E-state index in [1.54, 1.807) is 0 Å². The number of nitrogens with two attached hydrogens (primary N) is 2. The number of hydrogen-bond donors (Lipinski definition) is 9. The van der Waals surface area contributed by atoms with E-state index in [1.165, 1.54) is 30.5 Å². The zero-order valence-electron chi connectivity index (χ0n) is 23.9. The van der Waals surface area contributed by atoms with E-state index >= 15 is 0 Å². The summed E-state index contributed by atoms with van der Waals surface area (Å²) >= 11 is 0. The van der Waals surface area contributed by atoms with Gasteiger partial charge in [0.05, 0.1) is 12.7 Å². The minimum absolute atomic E-state index is 0.000432. The van der Waals surface area contributed by atoms with E-state index in [0.717, 1.165) is 0 Å². The van der Waals surface area contributed by atoms with Crippen LogP contribution in [0.2, 0.25) is 0 Å². The van der Waals surface area contributed by atoms with Crippen LogP contribution in [0.5, 0.6) is 0 Å². The molecule has 2 aromatic heterocycles. The first-order valence-corrected chi connectivity index (χ1v) is 13.8. The van der Waals surface area contributed by atoms with Gasteiger partial charge < -0.3 is 37.4 Å². The number of aromatic nitrogens is 4. The van der Waals surface area contributed by atoms with E-state index in [4.69, 9.17) is 16.7 Å². The molecule has 5 amide bonds. The van der Waals surface area contributed by atoms with Gasteiger partial charge in [0.15, 0.2) is 0 Å². The Kier molecular flexibility index (Phi) is 14.1. The summed E-state index contributed by atoms with van der Waals surface area (Å²) in [6.07, 6.45) is 7.34. The maximum Gasteiger partial charge on any atom is 0.244 e. The van der Waals surface area contributed by atoms with Gasteiger partial charge in [0, 0.05) is 49.0 Å². The second kappa shape index (κ2) is 17.5. The third kappa shape index (κ3) is 11.7. The molecule has 2 aromatic rings. The number of carbonyl (C=O) groups excluding carboxylic acids is 5. The number of H-pyrrole nitrogens is 2. The summed E-state index contributed by atoms with van der Waals surface area (Å²) in [6, 6.07) is -3.30. The fraction of sp³-hybridized carbons (Fsp3) is 0.577. The molecule has 0 spiro atoms. The number of hydroxylamine groups is 1. The highest BCUT2D eigenvalue weighted by Crippen LogP contribution is 2.17. The monoisotopic (exact) mass is 590 g/mol. The van der Waals surface area contributed by atoms with Crippen LogP contribution < -0.4 is 32.9 Å². The van der Waals surface area contributed by atoms with Crippen LogP contribution in [-0.2, 0) is 36.8 Å². The highest BCUT2D eigenvalue weighted by molar-refractivity contribution is 5.95. The SMILES string of the molecule is CC(C)C[C@H](CC(=O)NO)C(=O)N[C@@H](Cc1cnc[nH]1)C(=O)N[C@@H](Cc1cnc[nH]1)C(=O)N[C@@H](CCCCN)C(N)=O. The van der Waals surface area contributed by atoms with Crippen molar-refractivity contribution in [3.8, 4) is 0 Å². The van der Waals surface area contributed by atoms with Crippen molar-refractivity contribution >= 4 is 29.5 Å². The average Bonchev–Trinajstić information content (AvgIpc) is 3.65. The molecule has 0 fully saturated rings. The lowest BCUT2D eigenvalue weighted by atomic mass is 9.92. The van der Waals surface area contributed by atoms with Crippen molar-refractivity contribution in [1.29, 1.82) is 0 Å². The van der Waals surface area contributed by atoms with Crippen LogP contribution in [-0.4, -0.2) is 79.3 Å². The smallest absolute Gasteiger partial charge is 0.244 e. The van der Waals surface area contributed by atoms with Crippen LogP contribution >= 0.6 is 0 Å². The maximum atomic E-state index is 13.6. The summed E-state index contributed by atoms with van der Waals surface area (Å²) in [5.41, 5.74) is 13.6. The van der Waals surface area contributed by atoms with Gasteiger partial charge in [-0.3, -0.25) is 29.2 Å². The van der Waals surface area contributed by atoms with Crippen molar-refractivity contribution in [3.05, 3.63) is 36.4 Å². The molecule has 0 aliphatic heterocycles. The molecule has 232 valence electrons. The van der Waals surface area contributed by atoms with E-state index in [0.29, 0.717) is 37.2 Å². The molecule has 0 aliphatic carbocycles. The number of aromatic amines is 2. The maximum absolute atomic E-state index is 13.6. The van der Waals surface area contributed by atoms with E-state index in [-0.39, 0.29) is 31.6 Å². The number of nitrogens with one attached hydrogen (secondary N) is 6. The number of hydrogen-bond acceptors (Lipinski definition) is 9. The molecular formula is C26H42N10O6. The summed E-state index contributed by atoms with van der Waals surface area (Å²) < 4.78 is 0. The van der Waals surface area contributed by atoms with Crippen LogP contribution in [0, 0.1) is 11.8 Å². The molecule has 2 rings (SSSR count). The van der Waals surface area contributed by atoms with Crippen LogP contribution in [0.25, 0.3) is 0 Å². The summed E-state index contributed by atoms with van der Waals surface area (Å²) in [5, 5.41) is 16.9. The zero-order chi connectivity index (χ0) is 31.1. The fourth-order valence-corrected chi connectivity index (χ4v) is 4.39. The number of unbranched alkanes of at least 4 members (excludes halogenated alkanes) is 1. The number of primary amides is 1. The van der Waals surface area contributed by atoms with Crippen LogP contribution in [0.4, 0.5) is 0 Å². The van der Waals surface area contributed by atoms with Crippen LogP contribution in [0.15, 0.2) is 25.0 Å². The minimum Gasteiger partial charge on any atom is -0.368 e. The summed E-state index contributed by atoms with van der Waals surface area (Å²) in [6.45, 7) is 4.17. The normalized spacial score (nSPS) is 13.9. The van der Waals surface area contributed by atoms with Gasteiger partial charge >= 0.3 is 0 Å². The summed E-state index contributed by atoms with van der Waals surface area (Å²) in [5.74, 6) is -4.17. The van der Waals surface area contributed by atoms with Gasteiger partial charge in [0.1, 0.15) is 18.1 Å². The zero-order valence-corrected chi connectivity index (χ0v) is 23.9. The van der Waals surface area contributed by atoms with E-state index in [2.05, 4.69) is 35.9 Å². The molecule has 0 saturated carbocycles. The van der Waals surface area contributed by atoms with Gasteiger partial charge in [0.2, 0.25) is 29.5 Å². The van der Waals surface area contributed by atoms with Crippen molar-refractivity contribution in [3.63, 3.8) is 0 Å². The second-order valence-electron chi connectivity index (χ2n) is 10.5. The largest absolute Gasteiger partial charge is 0.368 e. The fourth-order valence-electron chi connectivity index (χ4n) is 4.39. The number of imidazole rings is 2. The quantitative estimate of drug-likeness (QED) is 0.0525. The number of carbonyl (C=O) groups is 5. The van der Waals surface area contributed by atoms with Gasteiger partial charge in [-0.2, -0.15) is 0 Å². The van der Waals surface area contributed by atoms with Crippen LogP contribution in [0.3, 0.4) is 0 Å². The van der Waals surface area contributed by atoms with Crippen molar-refractivity contribution in [1.82, 2.24) is 41.4 Å². The molecule has 4 atom stereocenters. The molecule has 42 heavy (non-hydrogen) atoms. The third-order valence-electron chi connectivity index (χ3n) is 6.51. The Morgan fingerprint density at radius 1 is 0.857 bits per heavy atom. The lowest BCUT2D eigenvalue weighted by Crippen LogP contribution is -2.58. The van der Waals surface area contributed by atoms with Crippen LogP contribution in [0.1, 0.15) is 57.3 Å². The van der Waals surface area contributed by atoms with E-state index < -0.39 is 53.6 Å².